The van der Waals surface area contributed by atoms with E-state index in [1.807, 2.05) is 19.1 Å². The maximum absolute atomic E-state index is 12.7. The first kappa shape index (κ1) is 21.9. The van der Waals surface area contributed by atoms with Crippen LogP contribution < -0.4 is 16.0 Å². The highest BCUT2D eigenvalue weighted by molar-refractivity contribution is 7.12. The number of rotatable bonds is 6. The van der Waals surface area contributed by atoms with Crippen LogP contribution in [0.4, 0.5) is 22.0 Å². The molecular weight excluding hydrogens is 422 g/mol. The third-order valence-corrected chi connectivity index (χ3v) is 6.59. The highest BCUT2D eigenvalue weighted by atomic mass is 32.1. The number of carbonyl (C=O) groups is 1. The molecule has 1 aliphatic heterocycles. The van der Waals surface area contributed by atoms with Gasteiger partial charge in [0.25, 0.3) is 0 Å². The maximum atomic E-state index is 12.7. The first-order valence-electron chi connectivity index (χ1n) is 10.4. The van der Waals surface area contributed by atoms with Crippen molar-refractivity contribution in [3.63, 3.8) is 0 Å². The summed E-state index contributed by atoms with van der Waals surface area (Å²) in [5.74, 6) is 0.664. The lowest BCUT2D eigenvalue weighted by atomic mass is 10.0. The minimum absolute atomic E-state index is 0. The van der Waals surface area contributed by atoms with E-state index in [0.29, 0.717) is 17.1 Å². The van der Waals surface area contributed by atoms with E-state index >= 15 is 0 Å². The van der Waals surface area contributed by atoms with Gasteiger partial charge in [-0.3, -0.25) is 10.3 Å². The Bertz CT molecular complexity index is 1140. The van der Waals surface area contributed by atoms with E-state index in [1.54, 1.807) is 29.8 Å². The average molecular weight is 454 g/mol. The maximum Gasteiger partial charge on any atom is 0.320 e. The van der Waals surface area contributed by atoms with Crippen LogP contribution in [-0.2, 0) is 0 Å². The molecule has 2 atom stereocenters. The largest absolute Gasteiger partial charge is 0.354 e. The number of hydrogen-bond donors (Lipinski definition) is 4. The zero-order valence-corrected chi connectivity index (χ0v) is 19.2. The molecule has 0 aromatic carbocycles. The molecule has 32 heavy (non-hydrogen) atoms. The smallest absolute Gasteiger partial charge is 0.320 e. The van der Waals surface area contributed by atoms with Gasteiger partial charge >= 0.3 is 6.03 Å². The Kier molecular flexibility index (Phi) is 6.48. The fourth-order valence-corrected chi connectivity index (χ4v) is 4.98. The van der Waals surface area contributed by atoms with Crippen molar-refractivity contribution >= 4 is 40.8 Å². The summed E-state index contributed by atoms with van der Waals surface area (Å²) in [6.07, 6.45) is 4.58. The van der Waals surface area contributed by atoms with Crippen LogP contribution in [0, 0.1) is 19.3 Å². The molecule has 4 heterocycles. The lowest BCUT2D eigenvalue weighted by Crippen LogP contribution is -2.42. The zero-order valence-electron chi connectivity index (χ0n) is 18.3. The second-order valence-electron chi connectivity index (χ2n) is 8.09. The molecule has 0 spiro atoms. The van der Waals surface area contributed by atoms with Crippen LogP contribution in [0.5, 0.6) is 0 Å². The first-order chi connectivity index (χ1) is 15.4. The molecule has 9 heteroatoms. The van der Waals surface area contributed by atoms with Gasteiger partial charge in [-0.25, -0.2) is 9.78 Å². The van der Waals surface area contributed by atoms with E-state index in [1.165, 1.54) is 16.0 Å². The molecule has 0 bridgehead atoms. The van der Waals surface area contributed by atoms with Crippen molar-refractivity contribution in [1.29, 1.82) is 5.41 Å². The molecule has 2 amide bonds. The Hall–Kier alpha value is -3.30. The predicted octanol–water partition coefficient (Wildman–Crippen LogP) is 4.61. The second-order valence-corrected chi connectivity index (χ2v) is 9.41. The number of pyridine rings is 2. The van der Waals surface area contributed by atoms with Crippen LogP contribution in [0.25, 0.3) is 0 Å². The highest BCUT2D eigenvalue weighted by Crippen LogP contribution is 2.32. The topological polar surface area (TPSA) is 106 Å². The quantitative estimate of drug-likeness (QED) is 0.408. The number of amides is 2. The monoisotopic (exact) mass is 453 g/mol. The molecule has 1 fully saturated rings. The molecule has 3 aromatic rings. The number of carbonyl (C=O) groups excluding carboxylic acids is 1. The second kappa shape index (κ2) is 9.46. The van der Waals surface area contributed by atoms with Gasteiger partial charge in [-0.15, -0.1) is 11.3 Å². The zero-order chi connectivity index (χ0) is 22.7. The van der Waals surface area contributed by atoms with Crippen LogP contribution in [0.2, 0.25) is 0 Å². The van der Waals surface area contributed by atoms with Crippen LogP contribution in [-0.4, -0.2) is 53.3 Å². The number of anilines is 3. The lowest BCUT2D eigenvalue weighted by molar-refractivity contribution is 0.247. The Morgan fingerprint density at radius 3 is 2.81 bits per heavy atom. The van der Waals surface area contributed by atoms with Crippen molar-refractivity contribution < 1.29 is 7.65 Å². The molecule has 1 saturated heterocycles. The Morgan fingerprint density at radius 2 is 2.09 bits per heavy atom. The van der Waals surface area contributed by atoms with Crippen LogP contribution in [0.1, 0.15) is 29.8 Å². The van der Waals surface area contributed by atoms with E-state index < -0.39 is 0 Å². The van der Waals surface area contributed by atoms with Crippen molar-refractivity contribution in [1.82, 2.24) is 20.2 Å². The minimum atomic E-state index is -0.294. The Morgan fingerprint density at radius 1 is 1.25 bits per heavy atom. The molecule has 0 unspecified atom stereocenters. The summed E-state index contributed by atoms with van der Waals surface area (Å²) in [5.41, 5.74) is 3.06. The molecule has 170 valence electrons. The summed E-state index contributed by atoms with van der Waals surface area (Å²) in [6, 6.07) is 9.46. The summed E-state index contributed by atoms with van der Waals surface area (Å²) in [7, 11) is 2.07. The van der Waals surface area contributed by atoms with E-state index in [9.17, 15) is 4.79 Å². The van der Waals surface area contributed by atoms with Crippen LogP contribution in [0.15, 0.2) is 42.7 Å². The molecular formula is C23H31N7OS. The normalized spacial score (nSPS) is 18.3. The summed E-state index contributed by atoms with van der Waals surface area (Å²) in [4.78, 5) is 26.1. The van der Waals surface area contributed by atoms with Gasteiger partial charge in [0.1, 0.15) is 5.82 Å². The standard InChI is InChI=1S/C23H27N7OS.2H2/c1-14-8-17(6-7-25-14)27-19-11-26-22(9-16(19)10-24)29-23(31)28-20-13-30(3)12-18(20)21-5-4-15(2)32-21;;/h4-11,18,20,24H,12-13H2,1-3H3,(H,25,27)(H2,26,28,29,31);2*1H/t18-,20-;;/m0../s1. The SMILES string of the molecule is Cc1cc(Nc2cnc(NC(=O)N[C@H]3CN(C)C[C@@H]3c3ccc(C)s3)cc2C=N)ccn1.[HH].[HH]. The number of nitrogens with zero attached hydrogens (tertiary/aromatic N) is 3. The molecule has 4 rings (SSSR count). The molecule has 0 saturated carbocycles. The van der Waals surface area contributed by atoms with Gasteiger partial charge in [-0.2, -0.15) is 0 Å². The number of aromatic nitrogens is 2. The van der Waals surface area contributed by atoms with Gasteiger partial charge < -0.3 is 20.9 Å². The van der Waals surface area contributed by atoms with Gasteiger partial charge in [0.05, 0.1) is 17.9 Å². The molecule has 4 N–H and O–H groups in total. The number of thiophene rings is 1. The Labute approximate surface area is 194 Å². The van der Waals surface area contributed by atoms with E-state index in [0.717, 1.165) is 24.5 Å². The van der Waals surface area contributed by atoms with Gasteiger partial charge in [-0.1, -0.05) is 0 Å². The van der Waals surface area contributed by atoms with E-state index in [-0.39, 0.29) is 20.8 Å². The first-order valence-corrected chi connectivity index (χ1v) is 11.3. The van der Waals surface area contributed by atoms with Crippen molar-refractivity contribution in [3.8, 4) is 0 Å². The lowest BCUT2D eigenvalue weighted by Gasteiger charge is -2.19. The molecule has 3 aromatic heterocycles. The summed E-state index contributed by atoms with van der Waals surface area (Å²) in [5, 5.41) is 16.9. The van der Waals surface area contributed by atoms with Gasteiger partial charge in [0.2, 0.25) is 0 Å². The summed E-state index contributed by atoms with van der Waals surface area (Å²) >= 11 is 1.78. The minimum Gasteiger partial charge on any atom is -0.354 e. The summed E-state index contributed by atoms with van der Waals surface area (Å²) in [6.45, 7) is 5.72. The number of hydrogen-bond acceptors (Lipinski definition) is 7. The van der Waals surface area contributed by atoms with Crippen molar-refractivity contribution in [2.75, 3.05) is 30.8 Å². The third-order valence-electron chi connectivity index (χ3n) is 5.45. The van der Waals surface area contributed by atoms with Crippen molar-refractivity contribution in [3.05, 3.63) is 63.7 Å². The number of likely N-dealkylation sites (N-methyl/N-ethyl adjacent to an activating group) is 1. The fraction of sp³-hybridized carbons (Fsp3) is 0.304. The Balaban J connectivity index is 0.00000204. The van der Waals surface area contributed by atoms with Crippen LogP contribution in [0.3, 0.4) is 0 Å². The third kappa shape index (κ3) is 5.12. The van der Waals surface area contributed by atoms with E-state index in [4.69, 9.17) is 5.41 Å². The van der Waals surface area contributed by atoms with Gasteiger partial charge in [0, 0.05) is 61.0 Å². The number of aryl methyl sites for hydroxylation is 2. The van der Waals surface area contributed by atoms with Gasteiger partial charge in [-0.05, 0) is 51.2 Å². The molecule has 1 aliphatic rings. The predicted molar refractivity (Wildman–Crippen MR) is 134 cm³/mol. The van der Waals surface area contributed by atoms with Crippen LogP contribution >= 0.6 is 11.3 Å². The highest BCUT2D eigenvalue weighted by Gasteiger charge is 2.34. The van der Waals surface area contributed by atoms with Gasteiger partial charge in [0.15, 0.2) is 0 Å². The molecule has 0 aliphatic carbocycles. The number of likely N-dealkylation sites (tertiary alicyclic amines) is 1. The van der Waals surface area contributed by atoms with Crippen molar-refractivity contribution in [2.45, 2.75) is 25.8 Å². The molecule has 8 nitrogen and oxygen atoms in total. The molecule has 0 radical (unpaired) electrons. The number of urea groups is 1. The van der Waals surface area contributed by atoms with E-state index in [2.05, 4.69) is 56.9 Å². The average Bonchev–Trinajstić information content (AvgIpc) is 3.34. The fourth-order valence-electron chi connectivity index (χ4n) is 3.95. The number of nitrogens with one attached hydrogen (secondary N) is 4. The summed E-state index contributed by atoms with van der Waals surface area (Å²) < 4.78 is 0. The van der Waals surface area contributed by atoms with Crippen molar-refractivity contribution in [2.24, 2.45) is 0 Å².